The van der Waals surface area contributed by atoms with E-state index in [4.69, 9.17) is 9.47 Å². The third-order valence-electron chi connectivity index (χ3n) is 5.20. The summed E-state index contributed by atoms with van der Waals surface area (Å²) in [6.45, 7) is 2.72. The Balaban J connectivity index is 1.67. The third-order valence-corrected chi connectivity index (χ3v) is 5.20. The summed E-state index contributed by atoms with van der Waals surface area (Å²) < 4.78 is 10.8. The molecule has 0 aromatic heterocycles. The number of carbonyl (C=O) groups excluding carboxylic acids is 1. The molecule has 1 saturated carbocycles. The number of nitrogens with zero attached hydrogens (tertiary/aromatic N) is 1. The maximum absolute atomic E-state index is 12.9. The molecule has 144 valence electrons. The van der Waals surface area contributed by atoms with Crippen LogP contribution in [0.5, 0.6) is 11.5 Å². The van der Waals surface area contributed by atoms with Gasteiger partial charge < -0.3 is 14.4 Å². The van der Waals surface area contributed by atoms with Crippen LogP contribution in [0.15, 0.2) is 42.5 Å². The third kappa shape index (κ3) is 5.03. The van der Waals surface area contributed by atoms with Gasteiger partial charge in [0, 0.05) is 24.6 Å². The van der Waals surface area contributed by atoms with E-state index < -0.39 is 0 Å². The van der Waals surface area contributed by atoms with E-state index in [-0.39, 0.29) is 5.91 Å². The number of hydrogen-bond acceptors (Lipinski definition) is 3. The minimum absolute atomic E-state index is 0.210. The summed E-state index contributed by atoms with van der Waals surface area (Å²) in [6, 6.07) is 14.7. The number of methoxy groups -OCH3 is 2. The van der Waals surface area contributed by atoms with Gasteiger partial charge in [-0.25, -0.2) is 0 Å². The lowest BCUT2D eigenvalue weighted by atomic mass is 10.1. The second-order valence-electron chi connectivity index (χ2n) is 7.10. The zero-order chi connectivity index (χ0) is 19.2. The molecule has 3 rings (SSSR count). The van der Waals surface area contributed by atoms with Crippen LogP contribution in [-0.2, 0) is 24.2 Å². The highest BCUT2D eigenvalue weighted by Crippen LogP contribution is 2.32. The van der Waals surface area contributed by atoms with Crippen molar-refractivity contribution < 1.29 is 14.3 Å². The summed E-state index contributed by atoms with van der Waals surface area (Å²) in [6.07, 6.45) is 4.53. The average molecular weight is 367 g/mol. The number of rotatable bonds is 9. The van der Waals surface area contributed by atoms with Gasteiger partial charge in [0.25, 0.3) is 0 Å². The van der Waals surface area contributed by atoms with E-state index in [2.05, 4.69) is 31.2 Å². The highest BCUT2D eigenvalue weighted by Gasteiger charge is 2.32. The Labute approximate surface area is 162 Å². The monoisotopic (exact) mass is 367 g/mol. The zero-order valence-electron chi connectivity index (χ0n) is 16.5. The van der Waals surface area contributed by atoms with E-state index in [0.717, 1.165) is 42.7 Å². The second-order valence-corrected chi connectivity index (χ2v) is 7.10. The van der Waals surface area contributed by atoms with Gasteiger partial charge in [0.15, 0.2) is 0 Å². The Kier molecular flexibility index (Phi) is 6.38. The largest absolute Gasteiger partial charge is 0.497 e. The highest BCUT2D eigenvalue weighted by molar-refractivity contribution is 5.77. The fraction of sp³-hybridized carbons (Fsp3) is 0.435. The van der Waals surface area contributed by atoms with Gasteiger partial charge >= 0.3 is 0 Å². The molecule has 4 nitrogen and oxygen atoms in total. The molecule has 1 aliphatic carbocycles. The minimum Gasteiger partial charge on any atom is -0.497 e. The Hall–Kier alpha value is -2.49. The summed E-state index contributed by atoms with van der Waals surface area (Å²) in [7, 11) is 3.31. The van der Waals surface area contributed by atoms with E-state index >= 15 is 0 Å². The lowest BCUT2D eigenvalue weighted by molar-refractivity contribution is -0.132. The van der Waals surface area contributed by atoms with Gasteiger partial charge in [-0.05, 0) is 55.0 Å². The van der Waals surface area contributed by atoms with Crippen LogP contribution in [0.1, 0.15) is 42.9 Å². The van der Waals surface area contributed by atoms with Crippen LogP contribution in [0.25, 0.3) is 0 Å². The van der Waals surface area contributed by atoms with Crippen LogP contribution in [-0.4, -0.2) is 31.1 Å². The van der Waals surface area contributed by atoms with Crippen LogP contribution >= 0.6 is 0 Å². The quantitative estimate of drug-likeness (QED) is 0.660. The van der Waals surface area contributed by atoms with Crippen molar-refractivity contribution in [1.29, 1.82) is 0 Å². The van der Waals surface area contributed by atoms with Gasteiger partial charge in [0.1, 0.15) is 11.5 Å². The maximum atomic E-state index is 12.9. The molecule has 0 atom stereocenters. The molecule has 0 spiro atoms. The van der Waals surface area contributed by atoms with Gasteiger partial charge in [0.2, 0.25) is 5.91 Å². The Morgan fingerprint density at radius 3 is 2.33 bits per heavy atom. The number of hydrogen-bond donors (Lipinski definition) is 0. The first-order valence-electron chi connectivity index (χ1n) is 9.72. The molecule has 1 aliphatic rings. The van der Waals surface area contributed by atoms with Crippen molar-refractivity contribution in [2.45, 2.75) is 51.6 Å². The molecule has 27 heavy (non-hydrogen) atoms. The lowest BCUT2D eigenvalue weighted by Crippen LogP contribution is -2.32. The summed E-state index contributed by atoms with van der Waals surface area (Å²) in [5.74, 6) is 1.79. The second kappa shape index (κ2) is 8.94. The molecular formula is C23H29NO3. The standard InChI is InChI=1S/C23H29NO3/c1-4-17-5-7-18(8-6-17)9-14-23(25)24(20-10-11-20)16-19-15-21(26-2)12-13-22(19)27-3/h5-8,12-13,15,20H,4,9-11,14,16H2,1-3H3. The van der Waals surface area contributed by atoms with Crippen LogP contribution in [0.2, 0.25) is 0 Å². The number of aryl methyl sites for hydroxylation is 2. The van der Waals surface area contributed by atoms with Crippen LogP contribution in [0.3, 0.4) is 0 Å². The average Bonchev–Trinajstić information content (AvgIpc) is 3.55. The van der Waals surface area contributed by atoms with Crippen LogP contribution < -0.4 is 9.47 Å². The van der Waals surface area contributed by atoms with Gasteiger partial charge in [0.05, 0.1) is 14.2 Å². The molecular weight excluding hydrogens is 338 g/mol. The summed E-state index contributed by atoms with van der Waals surface area (Å²) in [5, 5.41) is 0. The molecule has 0 unspecified atom stereocenters. The van der Waals surface area contributed by atoms with E-state index in [1.54, 1.807) is 14.2 Å². The number of ether oxygens (including phenoxy) is 2. The fourth-order valence-electron chi connectivity index (χ4n) is 3.33. The Bertz CT molecular complexity index is 766. The SMILES string of the molecule is CCc1ccc(CCC(=O)N(Cc2cc(OC)ccc2OC)C2CC2)cc1. The highest BCUT2D eigenvalue weighted by atomic mass is 16.5. The fourth-order valence-corrected chi connectivity index (χ4v) is 3.33. The molecule has 0 bridgehead atoms. The minimum atomic E-state index is 0.210. The van der Waals surface area contributed by atoms with Crippen LogP contribution in [0.4, 0.5) is 0 Å². The first kappa shape index (κ1) is 19.3. The molecule has 0 heterocycles. The van der Waals surface area contributed by atoms with Gasteiger partial charge in [-0.1, -0.05) is 31.2 Å². The van der Waals surface area contributed by atoms with Crippen molar-refractivity contribution in [3.8, 4) is 11.5 Å². The topological polar surface area (TPSA) is 38.8 Å². The number of benzene rings is 2. The first-order valence-corrected chi connectivity index (χ1v) is 9.72. The summed E-state index contributed by atoms with van der Waals surface area (Å²) in [5.41, 5.74) is 3.54. The molecule has 2 aromatic carbocycles. The van der Waals surface area contributed by atoms with Gasteiger partial charge in [-0.3, -0.25) is 4.79 Å². The normalized spacial score (nSPS) is 13.3. The van der Waals surface area contributed by atoms with Crippen LogP contribution in [0, 0.1) is 0 Å². The summed E-state index contributed by atoms with van der Waals surface area (Å²) >= 11 is 0. The van der Waals surface area contributed by atoms with E-state index in [9.17, 15) is 4.79 Å². The van der Waals surface area contributed by atoms with Crippen molar-refractivity contribution in [3.05, 3.63) is 59.2 Å². The van der Waals surface area contributed by atoms with Gasteiger partial charge in [-0.15, -0.1) is 0 Å². The molecule has 0 aliphatic heterocycles. The zero-order valence-corrected chi connectivity index (χ0v) is 16.5. The van der Waals surface area contributed by atoms with E-state index in [0.29, 0.717) is 19.0 Å². The van der Waals surface area contributed by atoms with Crippen molar-refractivity contribution in [1.82, 2.24) is 4.90 Å². The predicted molar refractivity (Wildman–Crippen MR) is 107 cm³/mol. The van der Waals surface area contributed by atoms with Crippen molar-refractivity contribution in [2.75, 3.05) is 14.2 Å². The molecule has 2 aromatic rings. The van der Waals surface area contributed by atoms with Crippen molar-refractivity contribution in [2.24, 2.45) is 0 Å². The van der Waals surface area contributed by atoms with Crippen molar-refractivity contribution >= 4 is 5.91 Å². The Morgan fingerprint density at radius 2 is 1.74 bits per heavy atom. The first-order chi connectivity index (χ1) is 13.1. The number of amides is 1. The molecule has 1 amide bonds. The lowest BCUT2D eigenvalue weighted by Gasteiger charge is -2.24. The molecule has 1 fully saturated rings. The maximum Gasteiger partial charge on any atom is 0.223 e. The molecule has 0 radical (unpaired) electrons. The van der Waals surface area contributed by atoms with Crippen molar-refractivity contribution in [3.63, 3.8) is 0 Å². The van der Waals surface area contributed by atoms with E-state index in [1.807, 2.05) is 23.1 Å². The molecule has 0 N–H and O–H groups in total. The van der Waals surface area contributed by atoms with E-state index in [1.165, 1.54) is 11.1 Å². The number of carbonyl (C=O) groups is 1. The predicted octanol–water partition coefficient (Wildman–Crippen LogP) is 4.39. The Morgan fingerprint density at radius 1 is 1.04 bits per heavy atom. The smallest absolute Gasteiger partial charge is 0.223 e. The summed E-state index contributed by atoms with van der Waals surface area (Å²) in [4.78, 5) is 14.9. The molecule has 0 saturated heterocycles. The molecule has 4 heteroatoms. The van der Waals surface area contributed by atoms with Gasteiger partial charge in [-0.2, -0.15) is 0 Å².